The largest absolute Gasteiger partial charge is 0.484 e. The molecule has 0 bridgehead atoms. The lowest BCUT2D eigenvalue weighted by Gasteiger charge is -2.07. The summed E-state index contributed by atoms with van der Waals surface area (Å²) in [5.74, 6) is 1.07. The van der Waals surface area contributed by atoms with Crippen molar-refractivity contribution in [3.8, 4) is 5.75 Å². The van der Waals surface area contributed by atoms with E-state index in [9.17, 15) is 0 Å². The summed E-state index contributed by atoms with van der Waals surface area (Å²) < 4.78 is 6.69. The first-order chi connectivity index (χ1) is 7.65. The second kappa shape index (κ2) is 4.84. The SMILES string of the molecule is Cc1ccc(OCc2ccc(Br)s2)c(N)n1. The van der Waals surface area contributed by atoms with Crippen molar-refractivity contribution in [2.24, 2.45) is 0 Å². The number of pyridine rings is 1. The minimum absolute atomic E-state index is 0.440. The third-order valence-electron chi connectivity index (χ3n) is 2.02. The van der Waals surface area contributed by atoms with Crippen molar-refractivity contribution >= 4 is 33.1 Å². The number of aromatic nitrogens is 1. The minimum Gasteiger partial charge on any atom is -0.484 e. The van der Waals surface area contributed by atoms with Crippen LogP contribution in [0.2, 0.25) is 0 Å². The number of nitrogens with zero attached hydrogens (tertiary/aromatic N) is 1. The molecule has 0 saturated carbocycles. The Morgan fingerprint density at radius 1 is 1.38 bits per heavy atom. The van der Waals surface area contributed by atoms with Crippen molar-refractivity contribution in [1.82, 2.24) is 4.98 Å². The topological polar surface area (TPSA) is 48.1 Å². The predicted octanol–water partition coefficient (Wildman–Crippen LogP) is 3.38. The zero-order valence-corrected chi connectivity index (χ0v) is 11.1. The average molecular weight is 299 g/mol. The van der Waals surface area contributed by atoms with Gasteiger partial charge in [-0.3, -0.25) is 0 Å². The van der Waals surface area contributed by atoms with Crippen molar-refractivity contribution < 1.29 is 4.74 Å². The predicted molar refractivity (Wildman–Crippen MR) is 69.7 cm³/mol. The summed E-state index contributed by atoms with van der Waals surface area (Å²) in [6, 6.07) is 7.75. The molecule has 0 saturated heterocycles. The van der Waals surface area contributed by atoms with Crippen LogP contribution in [0, 0.1) is 6.92 Å². The molecule has 0 radical (unpaired) electrons. The molecule has 3 nitrogen and oxygen atoms in total. The Labute approximate surface area is 106 Å². The zero-order valence-electron chi connectivity index (χ0n) is 8.74. The summed E-state index contributed by atoms with van der Waals surface area (Å²) in [6.45, 7) is 2.42. The molecule has 0 atom stereocenters. The second-order valence-electron chi connectivity index (χ2n) is 3.33. The van der Waals surface area contributed by atoms with Gasteiger partial charge in [0.05, 0.1) is 3.79 Å². The Morgan fingerprint density at radius 2 is 2.19 bits per heavy atom. The summed E-state index contributed by atoms with van der Waals surface area (Å²) >= 11 is 5.05. The molecule has 0 aliphatic carbocycles. The quantitative estimate of drug-likeness (QED) is 0.945. The van der Waals surface area contributed by atoms with Gasteiger partial charge in [0, 0.05) is 10.6 Å². The standard InChI is InChI=1S/C11H11BrN2OS/c1-7-2-4-9(11(13)14-7)15-6-8-3-5-10(12)16-8/h2-5H,6H2,1H3,(H2,13,14). The zero-order chi connectivity index (χ0) is 11.5. The number of halogens is 1. The summed E-state index contributed by atoms with van der Waals surface area (Å²) in [5.41, 5.74) is 6.64. The van der Waals surface area contributed by atoms with Crippen LogP contribution in [0.1, 0.15) is 10.6 Å². The van der Waals surface area contributed by atoms with Gasteiger partial charge >= 0.3 is 0 Å². The van der Waals surface area contributed by atoms with E-state index in [1.165, 1.54) is 0 Å². The van der Waals surface area contributed by atoms with Crippen LogP contribution in [0.5, 0.6) is 5.75 Å². The van der Waals surface area contributed by atoms with Gasteiger partial charge in [0.25, 0.3) is 0 Å². The highest BCUT2D eigenvalue weighted by molar-refractivity contribution is 9.11. The summed E-state index contributed by atoms with van der Waals surface area (Å²) in [7, 11) is 0. The van der Waals surface area contributed by atoms with Crippen LogP contribution >= 0.6 is 27.3 Å². The number of hydrogen-bond acceptors (Lipinski definition) is 4. The molecule has 0 amide bonds. The number of nitrogens with two attached hydrogens (primary N) is 1. The molecule has 0 aromatic carbocycles. The van der Waals surface area contributed by atoms with E-state index in [1.807, 2.05) is 31.2 Å². The number of nitrogen functional groups attached to an aromatic ring is 1. The number of ether oxygens (including phenoxy) is 1. The van der Waals surface area contributed by atoms with E-state index in [-0.39, 0.29) is 0 Å². The van der Waals surface area contributed by atoms with E-state index in [2.05, 4.69) is 20.9 Å². The van der Waals surface area contributed by atoms with E-state index in [0.29, 0.717) is 18.2 Å². The van der Waals surface area contributed by atoms with Gasteiger partial charge in [-0.05, 0) is 47.1 Å². The Bertz CT molecular complexity index is 498. The van der Waals surface area contributed by atoms with E-state index >= 15 is 0 Å². The van der Waals surface area contributed by atoms with Crippen LogP contribution in [0.15, 0.2) is 28.1 Å². The lowest BCUT2D eigenvalue weighted by molar-refractivity contribution is 0.310. The van der Waals surface area contributed by atoms with Gasteiger partial charge in [0.2, 0.25) is 0 Å². The fourth-order valence-corrected chi connectivity index (χ4v) is 2.66. The fraction of sp³-hybridized carbons (Fsp3) is 0.182. The maximum absolute atomic E-state index is 5.75. The Morgan fingerprint density at radius 3 is 2.81 bits per heavy atom. The van der Waals surface area contributed by atoms with Crippen LogP contribution < -0.4 is 10.5 Å². The van der Waals surface area contributed by atoms with E-state index < -0.39 is 0 Å². The van der Waals surface area contributed by atoms with Crippen LogP contribution in [-0.4, -0.2) is 4.98 Å². The van der Waals surface area contributed by atoms with Crippen LogP contribution in [0.25, 0.3) is 0 Å². The number of rotatable bonds is 3. The van der Waals surface area contributed by atoms with Crippen LogP contribution in [-0.2, 0) is 6.61 Å². The number of thiophene rings is 1. The molecule has 84 valence electrons. The van der Waals surface area contributed by atoms with E-state index in [0.717, 1.165) is 14.4 Å². The highest BCUT2D eigenvalue weighted by Crippen LogP contribution is 2.25. The van der Waals surface area contributed by atoms with Crippen molar-refractivity contribution in [2.45, 2.75) is 13.5 Å². The van der Waals surface area contributed by atoms with Crippen molar-refractivity contribution in [3.63, 3.8) is 0 Å². The van der Waals surface area contributed by atoms with E-state index in [1.54, 1.807) is 11.3 Å². The lowest BCUT2D eigenvalue weighted by atomic mass is 10.3. The molecular formula is C11H11BrN2OS. The second-order valence-corrected chi connectivity index (χ2v) is 5.88. The first-order valence-corrected chi connectivity index (χ1v) is 6.36. The Hall–Kier alpha value is -1.07. The third-order valence-corrected chi connectivity index (χ3v) is 3.62. The van der Waals surface area contributed by atoms with Gasteiger partial charge in [0.1, 0.15) is 6.61 Å². The fourth-order valence-electron chi connectivity index (χ4n) is 1.26. The molecule has 2 rings (SSSR count). The molecule has 5 heteroatoms. The molecule has 16 heavy (non-hydrogen) atoms. The lowest BCUT2D eigenvalue weighted by Crippen LogP contribution is -2.00. The molecular weight excluding hydrogens is 288 g/mol. The van der Waals surface area contributed by atoms with Crippen LogP contribution in [0.4, 0.5) is 5.82 Å². The average Bonchev–Trinajstić information content (AvgIpc) is 2.63. The molecule has 0 aliphatic rings. The number of aryl methyl sites for hydroxylation is 1. The number of anilines is 1. The Kier molecular flexibility index (Phi) is 3.46. The van der Waals surface area contributed by atoms with Crippen molar-refractivity contribution in [1.29, 1.82) is 0 Å². The Balaban J connectivity index is 2.04. The van der Waals surface area contributed by atoms with Gasteiger partial charge in [-0.1, -0.05) is 0 Å². The maximum Gasteiger partial charge on any atom is 0.166 e. The molecule has 2 aromatic rings. The number of hydrogen-bond donors (Lipinski definition) is 1. The van der Waals surface area contributed by atoms with Gasteiger partial charge in [-0.15, -0.1) is 11.3 Å². The first-order valence-electron chi connectivity index (χ1n) is 4.75. The normalized spacial score (nSPS) is 10.4. The molecule has 0 aliphatic heterocycles. The van der Waals surface area contributed by atoms with Gasteiger partial charge < -0.3 is 10.5 Å². The summed E-state index contributed by atoms with van der Waals surface area (Å²) in [4.78, 5) is 5.28. The molecule has 0 unspecified atom stereocenters. The molecule has 0 fully saturated rings. The maximum atomic E-state index is 5.75. The molecule has 2 aromatic heterocycles. The van der Waals surface area contributed by atoms with Gasteiger partial charge in [0.15, 0.2) is 11.6 Å². The smallest absolute Gasteiger partial charge is 0.166 e. The summed E-state index contributed by atoms with van der Waals surface area (Å²) in [5, 5.41) is 0. The van der Waals surface area contributed by atoms with Crippen molar-refractivity contribution in [3.05, 3.63) is 38.6 Å². The monoisotopic (exact) mass is 298 g/mol. The third kappa shape index (κ3) is 2.74. The van der Waals surface area contributed by atoms with Gasteiger partial charge in [-0.2, -0.15) is 0 Å². The highest BCUT2D eigenvalue weighted by atomic mass is 79.9. The highest BCUT2D eigenvalue weighted by Gasteiger charge is 2.03. The van der Waals surface area contributed by atoms with Crippen LogP contribution in [0.3, 0.4) is 0 Å². The molecule has 2 N–H and O–H groups in total. The van der Waals surface area contributed by atoms with E-state index in [4.69, 9.17) is 10.5 Å². The first kappa shape index (κ1) is 11.4. The minimum atomic E-state index is 0.440. The van der Waals surface area contributed by atoms with Crippen molar-refractivity contribution in [2.75, 3.05) is 5.73 Å². The summed E-state index contributed by atoms with van der Waals surface area (Å²) in [6.07, 6.45) is 0. The molecule has 0 spiro atoms. The molecule has 2 heterocycles. The van der Waals surface area contributed by atoms with Gasteiger partial charge in [-0.25, -0.2) is 4.98 Å².